The number of nitrogens with two attached hydrogens (primary N) is 1. The molecule has 0 aromatic heterocycles. The Labute approximate surface area is 160 Å². The van der Waals surface area contributed by atoms with Crippen molar-refractivity contribution in [2.75, 3.05) is 23.3 Å². The summed E-state index contributed by atoms with van der Waals surface area (Å²) in [4.78, 5) is 6.72. The Morgan fingerprint density at radius 2 is 1.83 bits per heavy atom. The second kappa shape index (κ2) is 8.73. The van der Waals surface area contributed by atoms with E-state index in [1.165, 1.54) is 11.3 Å². The highest BCUT2D eigenvalue weighted by molar-refractivity contribution is 14.0. The molecule has 0 saturated carbocycles. The lowest BCUT2D eigenvalue weighted by Gasteiger charge is -2.17. The van der Waals surface area contributed by atoms with E-state index in [1.54, 1.807) is 0 Å². The van der Waals surface area contributed by atoms with Gasteiger partial charge in [0.25, 0.3) is 0 Å². The molecule has 1 aliphatic heterocycles. The second-order valence-electron chi connectivity index (χ2n) is 5.74. The molecule has 3 N–H and O–H groups in total. The van der Waals surface area contributed by atoms with E-state index in [4.69, 9.17) is 5.73 Å². The summed E-state index contributed by atoms with van der Waals surface area (Å²) in [5.74, 6) is 0.434. The van der Waals surface area contributed by atoms with Crippen LogP contribution in [0, 0.1) is 6.92 Å². The first-order chi connectivity index (χ1) is 11.2. The standard InChI is InChI=1S/C19H22N4.HI/c1-15-5-4-6-17(13-15)22-19(20)21-14-16-7-9-18(10-8-16)23-11-2-3-12-23;/h2-10,13H,11-12,14H2,1H3,(H3,20,21,22);1H. The summed E-state index contributed by atoms with van der Waals surface area (Å²) in [7, 11) is 0. The zero-order valence-corrected chi connectivity index (χ0v) is 16.1. The molecule has 126 valence electrons. The summed E-state index contributed by atoms with van der Waals surface area (Å²) in [5, 5.41) is 3.12. The molecule has 1 heterocycles. The maximum Gasteiger partial charge on any atom is 0.193 e. The fourth-order valence-electron chi connectivity index (χ4n) is 2.59. The van der Waals surface area contributed by atoms with Gasteiger partial charge in [-0.1, -0.05) is 36.4 Å². The predicted octanol–water partition coefficient (Wildman–Crippen LogP) is 3.92. The number of nitrogens with one attached hydrogen (secondary N) is 1. The highest BCUT2D eigenvalue weighted by atomic mass is 127. The number of guanidine groups is 1. The highest BCUT2D eigenvalue weighted by Gasteiger charge is 2.06. The molecule has 2 aromatic rings. The molecule has 2 aromatic carbocycles. The first-order valence-electron chi connectivity index (χ1n) is 7.83. The number of hydrogen-bond donors (Lipinski definition) is 2. The van der Waals surface area contributed by atoms with Crippen molar-refractivity contribution in [3.05, 3.63) is 71.8 Å². The van der Waals surface area contributed by atoms with Crippen molar-refractivity contribution in [3.8, 4) is 0 Å². The fourth-order valence-corrected chi connectivity index (χ4v) is 2.59. The average Bonchev–Trinajstić information content (AvgIpc) is 3.08. The topological polar surface area (TPSA) is 53.6 Å². The van der Waals surface area contributed by atoms with E-state index in [0.717, 1.165) is 24.3 Å². The second-order valence-corrected chi connectivity index (χ2v) is 5.74. The molecule has 0 fully saturated rings. The molecule has 0 spiro atoms. The molecule has 3 rings (SSSR count). The molecule has 0 aliphatic carbocycles. The lowest BCUT2D eigenvalue weighted by atomic mass is 10.2. The van der Waals surface area contributed by atoms with Crippen LogP contribution in [-0.2, 0) is 6.54 Å². The summed E-state index contributed by atoms with van der Waals surface area (Å²) < 4.78 is 0. The van der Waals surface area contributed by atoms with Crippen molar-refractivity contribution < 1.29 is 0 Å². The van der Waals surface area contributed by atoms with Gasteiger partial charge in [-0.3, -0.25) is 0 Å². The molecular formula is C19H23IN4. The predicted molar refractivity (Wildman–Crippen MR) is 113 cm³/mol. The third kappa shape index (κ3) is 4.99. The van der Waals surface area contributed by atoms with Crippen LogP contribution in [0.4, 0.5) is 11.4 Å². The van der Waals surface area contributed by atoms with Gasteiger partial charge in [0.05, 0.1) is 6.54 Å². The quantitative estimate of drug-likeness (QED) is 0.332. The lowest BCUT2D eigenvalue weighted by molar-refractivity contribution is 1.000. The van der Waals surface area contributed by atoms with Crippen LogP contribution in [0.15, 0.2) is 65.7 Å². The zero-order chi connectivity index (χ0) is 16.1. The van der Waals surface area contributed by atoms with Crippen LogP contribution in [0.3, 0.4) is 0 Å². The molecule has 5 heteroatoms. The van der Waals surface area contributed by atoms with Crippen LogP contribution in [0.25, 0.3) is 0 Å². The third-order valence-corrected chi connectivity index (χ3v) is 3.84. The molecule has 0 bridgehead atoms. The van der Waals surface area contributed by atoms with Crippen LogP contribution in [0.2, 0.25) is 0 Å². The van der Waals surface area contributed by atoms with Crippen LogP contribution in [-0.4, -0.2) is 19.0 Å². The maximum absolute atomic E-state index is 5.96. The Morgan fingerprint density at radius 3 is 2.50 bits per heavy atom. The smallest absolute Gasteiger partial charge is 0.193 e. The van der Waals surface area contributed by atoms with Crippen molar-refractivity contribution in [1.82, 2.24) is 0 Å². The Morgan fingerprint density at radius 1 is 1.12 bits per heavy atom. The number of benzene rings is 2. The number of aliphatic imine (C=N–C) groups is 1. The summed E-state index contributed by atoms with van der Waals surface area (Å²) in [5.41, 5.74) is 10.5. The molecule has 4 nitrogen and oxygen atoms in total. The Balaban J connectivity index is 0.00000208. The zero-order valence-electron chi connectivity index (χ0n) is 13.8. The number of aryl methyl sites for hydroxylation is 1. The van der Waals surface area contributed by atoms with E-state index in [-0.39, 0.29) is 24.0 Å². The molecule has 0 radical (unpaired) electrons. The van der Waals surface area contributed by atoms with E-state index >= 15 is 0 Å². The van der Waals surface area contributed by atoms with Crippen LogP contribution in [0.5, 0.6) is 0 Å². The van der Waals surface area contributed by atoms with Crippen LogP contribution >= 0.6 is 24.0 Å². The van der Waals surface area contributed by atoms with Gasteiger partial charge < -0.3 is 16.0 Å². The maximum atomic E-state index is 5.96. The summed E-state index contributed by atoms with van der Waals surface area (Å²) in [6.07, 6.45) is 4.38. The summed E-state index contributed by atoms with van der Waals surface area (Å²) >= 11 is 0. The minimum atomic E-state index is 0. The normalized spacial score (nSPS) is 13.7. The highest BCUT2D eigenvalue weighted by Crippen LogP contribution is 2.18. The van der Waals surface area contributed by atoms with E-state index in [1.807, 2.05) is 18.2 Å². The molecule has 24 heavy (non-hydrogen) atoms. The van der Waals surface area contributed by atoms with E-state index < -0.39 is 0 Å². The molecule has 0 unspecified atom stereocenters. The van der Waals surface area contributed by atoms with Crippen LogP contribution in [0.1, 0.15) is 11.1 Å². The minimum Gasteiger partial charge on any atom is -0.370 e. The van der Waals surface area contributed by atoms with Crippen LogP contribution < -0.4 is 16.0 Å². The number of nitrogens with zero attached hydrogens (tertiary/aromatic N) is 2. The van der Waals surface area contributed by atoms with Gasteiger partial charge >= 0.3 is 0 Å². The van der Waals surface area contributed by atoms with Crippen molar-refractivity contribution in [2.45, 2.75) is 13.5 Å². The molecule has 1 aliphatic rings. The van der Waals surface area contributed by atoms with Crippen molar-refractivity contribution in [2.24, 2.45) is 10.7 Å². The van der Waals surface area contributed by atoms with E-state index in [2.05, 4.69) is 64.6 Å². The fraction of sp³-hybridized carbons (Fsp3) is 0.211. The third-order valence-electron chi connectivity index (χ3n) is 3.84. The van der Waals surface area contributed by atoms with Gasteiger partial charge in [0, 0.05) is 24.5 Å². The Kier molecular flexibility index (Phi) is 6.66. The van der Waals surface area contributed by atoms with Gasteiger partial charge in [-0.2, -0.15) is 0 Å². The van der Waals surface area contributed by atoms with E-state index in [9.17, 15) is 0 Å². The van der Waals surface area contributed by atoms with Gasteiger partial charge in [0.15, 0.2) is 5.96 Å². The molecule has 0 saturated heterocycles. The lowest BCUT2D eigenvalue weighted by Crippen LogP contribution is -2.22. The first kappa shape index (κ1) is 18.3. The largest absolute Gasteiger partial charge is 0.370 e. The molecular weight excluding hydrogens is 411 g/mol. The van der Waals surface area contributed by atoms with Crippen molar-refractivity contribution in [3.63, 3.8) is 0 Å². The average molecular weight is 434 g/mol. The Bertz CT molecular complexity index is 714. The first-order valence-corrected chi connectivity index (χ1v) is 7.83. The monoisotopic (exact) mass is 434 g/mol. The summed E-state index contributed by atoms with van der Waals surface area (Å²) in [6, 6.07) is 16.6. The van der Waals surface area contributed by atoms with Gasteiger partial charge in [-0.25, -0.2) is 4.99 Å². The van der Waals surface area contributed by atoms with E-state index in [0.29, 0.717) is 12.5 Å². The number of anilines is 2. The van der Waals surface area contributed by atoms with Crippen molar-refractivity contribution in [1.29, 1.82) is 0 Å². The molecule has 0 atom stereocenters. The van der Waals surface area contributed by atoms with Gasteiger partial charge in [-0.15, -0.1) is 24.0 Å². The number of rotatable bonds is 4. The van der Waals surface area contributed by atoms with Crippen molar-refractivity contribution >= 4 is 41.3 Å². The minimum absolute atomic E-state index is 0. The summed E-state index contributed by atoms with van der Waals surface area (Å²) in [6.45, 7) is 4.61. The SMILES string of the molecule is Cc1cccc(NC(N)=NCc2ccc(N3CC=CC3)cc2)c1.I. The molecule has 0 amide bonds. The van der Waals surface area contributed by atoms with Gasteiger partial charge in [0.2, 0.25) is 0 Å². The van der Waals surface area contributed by atoms with Gasteiger partial charge in [0.1, 0.15) is 0 Å². The van der Waals surface area contributed by atoms with Gasteiger partial charge in [-0.05, 0) is 42.3 Å². The Hall–Kier alpha value is -2.02. The number of halogens is 1. The number of hydrogen-bond acceptors (Lipinski definition) is 2.